The van der Waals surface area contributed by atoms with Crippen molar-refractivity contribution in [2.24, 2.45) is 10.9 Å². The highest BCUT2D eigenvalue weighted by molar-refractivity contribution is 7.78. The van der Waals surface area contributed by atoms with E-state index in [0.717, 1.165) is 0 Å². The number of ether oxygens (including phenoxy) is 2. The molecule has 2 N–H and O–H groups in total. The minimum atomic E-state index is -0.889. The van der Waals surface area contributed by atoms with Crippen molar-refractivity contribution >= 4 is 23.1 Å². The summed E-state index contributed by atoms with van der Waals surface area (Å²) >= 11 is 4.53. The first-order valence-electron chi connectivity index (χ1n) is 6.39. The summed E-state index contributed by atoms with van der Waals surface area (Å²) in [5.74, 6) is 0.232. The third-order valence-corrected chi connectivity index (χ3v) is 3.54. The summed E-state index contributed by atoms with van der Waals surface area (Å²) < 4.78 is 11.1. The normalized spacial score (nSPS) is 33.3. The molecule has 5 nitrogen and oxygen atoms in total. The van der Waals surface area contributed by atoms with Gasteiger partial charge >= 0.3 is 0 Å². The summed E-state index contributed by atoms with van der Waals surface area (Å²) in [5.41, 5.74) is 0.676. The minimum absolute atomic E-state index is 0.317. The van der Waals surface area contributed by atoms with Crippen LogP contribution >= 0.6 is 12.2 Å². The Labute approximate surface area is 122 Å². The van der Waals surface area contributed by atoms with Gasteiger partial charge in [0.15, 0.2) is 0 Å². The number of benzene rings is 1. The quantitative estimate of drug-likeness (QED) is 0.658. The van der Waals surface area contributed by atoms with Crippen molar-refractivity contribution in [3.05, 3.63) is 24.3 Å². The molecule has 1 saturated heterocycles. The summed E-state index contributed by atoms with van der Waals surface area (Å²) in [6.45, 7) is 3.52. The highest BCUT2D eigenvalue weighted by atomic mass is 32.1. The molecule has 6 heteroatoms. The maximum absolute atomic E-state index is 10.1. The van der Waals surface area contributed by atoms with Crippen LogP contribution in [0.2, 0.25) is 0 Å². The SMILES string of the molecule is C[C@@H]1O[C@H](Oc2ccc(N=C=S)cc2)C(O)[C@H](C)[C@@H]1O. The first-order chi connectivity index (χ1) is 9.52. The number of hydrogen-bond donors (Lipinski definition) is 2. The lowest BCUT2D eigenvalue weighted by Gasteiger charge is -2.39. The molecule has 1 aliphatic heterocycles. The Kier molecular flexibility index (Phi) is 4.86. The van der Waals surface area contributed by atoms with Crippen LogP contribution in [0.4, 0.5) is 5.69 Å². The Hall–Kier alpha value is -1.30. The van der Waals surface area contributed by atoms with E-state index in [1.54, 1.807) is 38.1 Å². The molecule has 1 aromatic carbocycles. The molecule has 1 aromatic rings. The van der Waals surface area contributed by atoms with E-state index in [-0.39, 0.29) is 5.92 Å². The van der Waals surface area contributed by atoms with Crippen LogP contribution in [-0.2, 0) is 4.74 Å². The number of aliphatic hydroxyl groups is 2. The van der Waals surface area contributed by atoms with Gasteiger partial charge in [0, 0.05) is 5.92 Å². The van der Waals surface area contributed by atoms with Gasteiger partial charge in [-0.05, 0) is 43.4 Å². The second-order valence-corrected chi connectivity index (χ2v) is 5.05. The Bertz CT molecular complexity index is 500. The lowest BCUT2D eigenvalue weighted by atomic mass is 9.91. The van der Waals surface area contributed by atoms with Crippen molar-refractivity contribution in [1.29, 1.82) is 0 Å². The zero-order chi connectivity index (χ0) is 14.7. The number of isothiocyanates is 1. The van der Waals surface area contributed by atoms with E-state index in [4.69, 9.17) is 9.47 Å². The van der Waals surface area contributed by atoms with Gasteiger partial charge in [-0.2, -0.15) is 4.99 Å². The zero-order valence-electron chi connectivity index (χ0n) is 11.3. The molecule has 108 valence electrons. The number of rotatable bonds is 3. The van der Waals surface area contributed by atoms with Crippen LogP contribution in [-0.4, -0.2) is 40.0 Å². The molecule has 1 aliphatic rings. The average molecular weight is 295 g/mol. The highest BCUT2D eigenvalue weighted by Gasteiger charge is 2.41. The van der Waals surface area contributed by atoms with Crippen LogP contribution in [0.3, 0.4) is 0 Å². The van der Waals surface area contributed by atoms with Crippen LogP contribution in [0.15, 0.2) is 29.3 Å². The molecule has 20 heavy (non-hydrogen) atoms. The Morgan fingerprint density at radius 3 is 2.45 bits per heavy atom. The van der Waals surface area contributed by atoms with Crippen molar-refractivity contribution in [2.75, 3.05) is 0 Å². The fourth-order valence-electron chi connectivity index (χ4n) is 2.13. The van der Waals surface area contributed by atoms with Crippen molar-refractivity contribution < 1.29 is 19.7 Å². The van der Waals surface area contributed by atoms with Crippen LogP contribution in [0.5, 0.6) is 5.75 Å². The van der Waals surface area contributed by atoms with Crippen molar-refractivity contribution in [3.63, 3.8) is 0 Å². The van der Waals surface area contributed by atoms with E-state index < -0.39 is 24.6 Å². The molecular formula is C14H17NO4S. The van der Waals surface area contributed by atoms with E-state index in [9.17, 15) is 10.2 Å². The maximum atomic E-state index is 10.1. The predicted molar refractivity (Wildman–Crippen MR) is 77.3 cm³/mol. The lowest BCUT2D eigenvalue weighted by molar-refractivity contribution is -0.250. The fraction of sp³-hybridized carbons (Fsp3) is 0.500. The van der Waals surface area contributed by atoms with E-state index in [1.807, 2.05) is 0 Å². The van der Waals surface area contributed by atoms with Crippen molar-refractivity contribution in [3.8, 4) is 5.75 Å². The van der Waals surface area contributed by atoms with Gasteiger partial charge in [-0.1, -0.05) is 6.92 Å². The minimum Gasteiger partial charge on any atom is -0.462 e. The smallest absolute Gasteiger partial charge is 0.226 e. The highest BCUT2D eigenvalue weighted by Crippen LogP contribution is 2.28. The molecule has 2 rings (SSSR count). The lowest BCUT2D eigenvalue weighted by Crippen LogP contribution is -2.54. The molecule has 0 bridgehead atoms. The van der Waals surface area contributed by atoms with Gasteiger partial charge in [-0.3, -0.25) is 0 Å². The predicted octanol–water partition coefficient (Wildman–Crippen LogP) is 1.90. The van der Waals surface area contributed by atoms with Gasteiger partial charge in [0.1, 0.15) is 11.9 Å². The van der Waals surface area contributed by atoms with E-state index in [1.165, 1.54) is 0 Å². The van der Waals surface area contributed by atoms with Crippen molar-refractivity contribution in [2.45, 2.75) is 38.4 Å². The molecule has 0 aromatic heterocycles. The van der Waals surface area contributed by atoms with E-state index in [0.29, 0.717) is 11.4 Å². The molecule has 1 unspecified atom stereocenters. The summed E-state index contributed by atoms with van der Waals surface area (Å²) in [5, 5.41) is 22.2. The monoisotopic (exact) mass is 295 g/mol. The summed E-state index contributed by atoms with van der Waals surface area (Å²) in [6.07, 6.45) is -2.79. The third-order valence-electron chi connectivity index (χ3n) is 3.45. The molecule has 0 saturated carbocycles. The number of thiocarbonyl (C=S) groups is 1. The molecule has 1 heterocycles. The largest absolute Gasteiger partial charge is 0.462 e. The molecule has 0 amide bonds. The molecule has 0 aliphatic carbocycles. The zero-order valence-corrected chi connectivity index (χ0v) is 12.1. The first kappa shape index (κ1) is 15.1. The number of aliphatic hydroxyl groups excluding tert-OH is 2. The maximum Gasteiger partial charge on any atom is 0.226 e. The summed E-state index contributed by atoms with van der Waals surface area (Å²) in [7, 11) is 0. The number of aliphatic imine (C=N–C) groups is 1. The molecule has 1 fully saturated rings. The van der Waals surface area contributed by atoms with Crippen molar-refractivity contribution in [1.82, 2.24) is 0 Å². The first-order valence-corrected chi connectivity index (χ1v) is 6.80. The Morgan fingerprint density at radius 1 is 1.20 bits per heavy atom. The average Bonchev–Trinajstić information content (AvgIpc) is 2.45. The Balaban J connectivity index is 2.07. The number of hydrogen-bond acceptors (Lipinski definition) is 6. The van der Waals surface area contributed by atoms with Crippen LogP contribution < -0.4 is 4.74 Å². The van der Waals surface area contributed by atoms with Gasteiger partial charge in [0.2, 0.25) is 6.29 Å². The molecular weight excluding hydrogens is 278 g/mol. The molecule has 0 radical (unpaired) electrons. The van der Waals surface area contributed by atoms with Gasteiger partial charge in [-0.25, -0.2) is 0 Å². The second kappa shape index (κ2) is 6.43. The standard InChI is InChI=1S/C14H17NO4S/c1-8-12(16)9(2)18-14(13(8)17)19-11-5-3-10(4-6-11)15-7-20/h3-6,8-9,12-14,16-17H,1-2H3/t8-,9+,12+,13?,14-/m1/s1. The van der Waals surface area contributed by atoms with Gasteiger partial charge in [-0.15, -0.1) is 0 Å². The van der Waals surface area contributed by atoms with Gasteiger partial charge in [0.05, 0.1) is 23.1 Å². The molecule has 5 atom stereocenters. The van der Waals surface area contributed by atoms with Crippen LogP contribution in [0.1, 0.15) is 13.8 Å². The summed E-state index contributed by atoms with van der Waals surface area (Å²) in [6, 6.07) is 6.88. The second-order valence-electron chi connectivity index (χ2n) is 4.86. The van der Waals surface area contributed by atoms with E-state index in [2.05, 4.69) is 22.4 Å². The number of nitrogens with zero attached hydrogens (tertiary/aromatic N) is 1. The van der Waals surface area contributed by atoms with Crippen LogP contribution in [0, 0.1) is 5.92 Å². The van der Waals surface area contributed by atoms with Crippen LogP contribution in [0.25, 0.3) is 0 Å². The third kappa shape index (κ3) is 3.23. The van der Waals surface area contributed by atoms with E-state index >= 15 is 0 Å². The van der Waals surface area contributed by atoms with Gasteiger partial charge < -0.3 is 19.7 Å². The fourth-order valence-corrected chi connectivity index (χ4v) is 2.24. The summed E-state index contributed by atoms with van der Waals surface area (Å²) in [4.78, 5) is 3.84. The molecule has 0 spiro atoms. The topological polar surface area (TPSA) is 71.3 Å². The van der Waals surface area contributed by atoms with Gasteiger partial charge in [0.25, 0.3) is 0 Å². The Morgan fingerprint density at radius 2 is 1.85 bits per heavy atom.